The number of aliphatic carboxylic acids is 2. The zero-order valence-electron chi connectivity index (χ0n) is 29.0. The van der Waals surface area contributed by atoms with E-state index in [-0.39, 0.29) is 18.6 Å². The van der Waals surface area contributed by atoms with Gasteiger partial charge in [-0.2, -0.15) is 11.8 Å². The molecule has 1 aromatic rings. The van der Waals surface area contributed by atoms with E-state index in [1.165, 1.54) is 43.0 Å². The standard InChI is InChI=1S/C31H46N8O13S/c1-15(32)26(46)36-19(9-10-53-2)28(48)38-20(12-23(33)42)29(49)39-22(14-40)30(50)37-18(7-8-25(44)45)27(47)34-13-24(43)35-21(31(51)52)11-16-3-5-17(41)6-4-16/h3-6,15,18-22,40-41H,7-14,32H2,1-2H3,(H2,33,42)(H,34,47)(H,35,43)(H,36,46)(H,37,50)(H,38,48)(H,39,49)(H,44,45)(H,51,52)/t15-,18-,19-,20-,21-,22-/m0/s1. The number of aromatic hydroxyl groups is 1. The topological polar surface area (TPSA) is 359 Å². The number of aliphatic hydroxyl groups excluding tert-OH is 1. The van der Waals surface area contributed by atoms with Crippen molar-refractivity contribution < 1.29 is 63.6 Å². The molecule has 0 bridgehead atoms. The molecule has 0 aliphatic rings. The van der Waals surface area contributed by atoms with E-state index in [2.05, 4.69) is 31.9 Å². The van der Waals surface area contributed by atoms with Crippen molar-refractivity contribution in [2.24, 2.45) is 11.5 Å². The van der Waals surface area contributed by atoms with E-state index in [1.807, 2.05) is 0 Å². The van der Waals surface area contributed by atoms with Crippen LogP contribution < -0.4 is 43.4 Å². The monoisotopic (exact) mass is 770 g/mol. The van der Waals surface area contributed by atoms with Gasteiger partial charge in [-0.3, -0.25) is 38.4 Å². The van der Waals surface area contributed by atoms with Gasteiger partial charge in [0.05, 0.1) is 25.6 Å². The lowest BCUT2D eigenvalue weighted by molar-refractivity contribution is -0.141. The van der Waals surface area contributed by atoms with Crippen LogP contribution in [0.5, 0.6) is 5.75 Å². The molecule has 7 amide bonds. The summed E-state index contributed by atoms with van der Waals surface area (Å²) < 4.78 is 0. The number of rotatable bonds is 24. The van der Waals surface area contributed by atoms with Gasteiger partial charge in [0.1, 0.15) is 36.0 Å². The van der Waals surface area contributed by atoms with Gasteiger partial charge in [-0.25, -0.2) is 4.79 Å². The number of thioether (sulfide) groups is 1. The van der Waals surface area contributed by atoms with Crippen molar-refractivity contribution in [3.8, 4) is 5.75 Å². The van der Waals surface area contributed by atoms with Crippen LogP contribution in [0.25, 0.3) is 0 Å². The molecule has 0 spiro atoms. The molecule has 21 nitrogen and oxygen atoms in total. The molecular formula is C31H46N8O13S. The number of nitrogens with one attached hydrogen (secondary N) is 6. The maximum Gasteiger partial charge on any atom is 0.326 e. The summed E-state index contributed by atoms with van der Waals surface area (Å²) in [5.41, 5.74) is 11.3. The van der Waals surface area contributed by atoms with Gasteiger partial charge in [-0.05, 0) is 49.5 Å². The molecule has 1 rings (SSSR count). The van der Waals surface area contributed by atoms with Gasteiger partial charge in [-0.15, -0.1) is 0 Å². The Morgan fingerprint density at radius 3 is 1.79 bits per heavy atom. The number of phenolic OH excluding ortho intramolecular Hbond substituents is 1. The van der Waals surface area contributed by atoms with E-state index in [4.69, 9.17) is 16.6 Å². The molecule has 22 heteroatoms. The molecule has 0 heterocycles. The van der Waals surface area contributed by atoms with Gasteiger partial charge in [0.25, 0.3) is 0 Å². The zero-order valence-corrected chi connectivity index (χ0v) is 29.8. The number of carbonyl (C=O) groups is 9. The van der Waals surface area contributed by atoms with E-state index in [0.29, 0.717) is 11.3 Å². The third-order valence-corrected chi connectivity index (χ3v) is 7.87. The summed E-state index contributed by atoms with van der Waals surface area (Å²) in [6, 6.07) is -3.20. The van der Waals surface area contributed by atoms with Crippen molar-refractivity contribution in [1.29, 1.82) is 0 Å². The van der Waals surface area contributed by atoms with Crippen molar-refractivity contribution in [3.05, 3.63) is 29.8 Å². The second-order valence-electron chi connectivity index (χ2n) is 11.6. The van der Waals surface area contributed by atoms with E-state index in [1.54, 1.807) is 6.26 Å². The van der Waals surface area contributed by atoms with Crippen molar-refractivity contribution in [3.63, 3.8) is 0 Å². The number of hydrogen-bond donors (Lipinski definition) is 12. The molecule has 294 valence electrons. The largest absolute Gasteiger partial charge is 0.508 e. The van der Waals surface area contributed by atoms with E-state index >= 15 is 0 Å². The first-order valence-electron chi connectivity index (χ1n) is 16.0. The first-order valence-corrected chi connectivity index (χ1v) is 17.4. The predicted octanol–water partition coefficient (Wildman–Crippen LogP) is -4.61. The van der Waals surface area contributed by atoms with E-state index < -0.39 is 122 Å². The van der Waals surface area contributed by atoms with Crippen molar-refractivity contribution >= 4 is 65.1 Å². The van der Waals surface area contributed by atoms with Crippen LogP contribution in [-0.4, -0.2) is 135 Å². The third kappa shape index (κ3) is 17.5. The maximum absolute atomic E-state index is 13.1. The summed E-state index contributed by atoms with van der Waals surface area (Å²) in [5.74, 6) is -9.42. The fourth-order valence-corrected chi connectivity index (χ4v) is 4.84. The first-order chi connectivity index (χ1) is 24.9. The number of carboxylic acids is 2. The quantitative estimate of drug-likeness (QED) is 0.0471. The number of phenols is 1. The lowest BCUT2D eigenvalue weighted by Gasteiger charge is -2.25. The van der Waals surface area contributed by atoms with Gasteiger partial charge in [-0.1, -0.05) is 12.1 Å². The Morgan fingerprint density at radius 1 is 0.736 bits per heavy atom. The van der Waals surface area contributed by atoms with Crippen molar-refractivity contribution in [2.75, 3.05) is 25.2 Å². The molecule has 0 fully saturated rings. The average molecular weight is 771 g/mol. The number of carbonyl (C=O) groups excluding carboxylic acids is 7. The second-order valence-corrected chi connectivity index (χ2v) is 12.6. The Kier molecular flexibility index (Phi) is 19.9. The van der Waals surface area contributed by atoms with Crippen molar-refractivity contribution in [1.82, 2.24) is 31.9 Å². The van der Waals surface area contributed by atoms with Crippen LogP contribution in [-0.2, 0) is 49.6 Å². The highest BCUT2D eigenvalue weighted by molar-refractivity contribution is 7.98. The summed E-state index contributed by atoms with van der Waals surface area (Å²) >= 11 is 1.36. The van der Waals surface area contributed by atoms with Gasteiger partial charge >= 0.3 is 11.9 Å². The predicted molar refractivity (Wildman–Crippen MR) is 187 cm³/mol. The molecule has 0 aliphatic carbocycles. The summed E-state index contributed by atoms with van der Waals surface area (Å²) in [7, 11) is 0. The Labute approximate surface area is 307 Å². The van der Waals surface area contributed by atoms with Crippen LogP contribution >= 0.6 is 11.8 Å². The molecule has 14 N–H and O–H groups in total. The molecule has 53 heavy (non-hydrogen) atoms. The second kappa shape index (κ2) is 23.2. The van der Waals surface area contributed by atoms with Crippen molar-refractivity contribution in [2.45, 2.75) is 75.3 Å². The lowest BCUT2D eigenvalue weighted by Crippen LogP contribution is -2.60. The van der Waals surface area contributed by atoms with E-state index in [9.17, 15) is 58.5 Å². The molecule has 0 saturated heterocycles. The van der Waals surface area contributed by atoms with Crippen LogP contribution in [0.3, 0.4) is 0 Å². The number of hydrogen-bond acceptors (Lipinski definition) is 13. The zero-order chi connectivity index (χ0) is 40.2. The van der Waals surface area contributed by atoms with Crippen LogP contribution in [0.1, 0.15) is 38.2 Å². The molecule has 0 unspecified atom stereocenters. The van der Waals surface area contributed by atoms with Gasteiger partial charge in [0.2, 0.25) is 41.4 Å². The summed E-state index contributed by atoms with van der Waals surface area (Å²) in [5, 5.41) is 51.3. The van der Waals surface area contributed by atoms with Gasteiger partial charge in [0.15, 0.2) is 0 Å². The van der Waals surface area contributed by atoms with Crippen LogP contribution in [0.4, 0.5) is 0 Å². The van der Waals surface area contributed by atoms with Gasteiger partial charge in [0, 0.05) is 12.8 Å². The summed E-state index contributed by atoms with van der Waals surface area (Å²) in [6.07, 6.45) is -0.260. The molecule has 0 radical (unpaired) electrons. The van der Waals surface area contributed by atoms with Crippen LogP contribution in [0, 0.1) is 0 Å². The SMILES string of the molecule is CSCC[C@H](NC(=O)[C@H](C)N)C(=O)N[C@@H](CC(N)=O)C(=O)N[C@@H](CO)C(=O)N[C@@H](CCC(=O)O)C(=O)NCC(=O)N[C@@H](Cc1ccc(O)cc1)C(=O)O. The fourth-order valence-electron chi connectivity index (χ4n) is 4.37. The number of primary amides is 1. The first kappa shape index (κ1) is 45.5. The minimum atomic E-state index is -1.82. The molecule has 0 aromatic heterocycles. The third-order valence-electron chi connectivity index (χ3n) is 7.22. The average Bonchev–Trinajstić information content (AvgIpc) is 3.09. The highest BCUT2D eigenvalue weighted by Gasteiger charge is 2.32. The minimum Gasteiger partial charge on any atom is -0.508 e. The number of amides is 7. The summed E-state index contributed by atoms with van der Waals surface area (Å²) in [6.45, 7) is -0.494. The lowest BCUT2D eigenvalue weighted by atomic mass is 10.1. The van der Waals surface area contributed by atoms with Gasteiger partial charge < -0.3 is 63.8 Å². The number of aliphatic hydroxyl groups is 1. The summed E-state index contributed by atoms with van der Waals surface area (Å²) in [4.78, 5) is 112. The normalized spacial score (nSPS) is 14.1. The molecule has 0 aliphatic heterocycles. The Bertz CT molecular complexity index is 1480. The molecule has 0 saturated carbocycles. The number of nitrogens with two attached hydrogens (primary N) is 2. The molecule has 1 aromatic carbocycles. The Balaban J connectivity index is 3.02. The molecule has 6 atom stereocenters. The fraction of sp³-hybridized carbons (Fsp3) is 0.516. The highest BCUT2D eigenvalue weighted by Crippen LogP contribution is 2.11. The Hall–Kier alpha value is -5.48. The maximum atomic E-state index is 13.1. The number of benzene rings is 1. The number of carboxylic acid groups (broad SMARTS) is 2. The van der Waals surface area contributed by atoms with Crippen LogP contribution in [0.2, 0.25) is 0 Å². The van der Waals surface area contributed by atoms with E-state index in [0.717, 1.165) is 0 Å². The highest BCUT2D eigenvalue weighted by atomic mass is 32.2. The Morgan fingerprint density at radius 2 is 1.26 bits per heavy atom. The smallest absolute Gasteiger partial charge is 0.326 e. The molecular weight excluding hydrogens is 724 g/mol. The van der Waals surface area contributed by atoms with Crippen LogP contribution in [0.15, 0.2) is 24.3 Å². The minimum absolute atomic E-state index is 0.0579.